The molecule has 6 heteroatoms. The van der Waals surface area contributed by atoms with E-state index in [1.165, 1.54) is 0 Å². The summed E-state index contributed by atoms with van der Waals surface area (Å²) in [5.41, 5.74) is 0. The largest absolute Gasteiger partial charge is 0.481 e. The Bertz CT molecular complexity index is 149. The molecular weight excluding hydrogens is 364 g/mol. The number of nitrogens with one attached hydrogen (secondary N) is 1. The topological polar surface area (TPSA) is 66.4 Å². The minimum absolute atomic E-state index is 0.162. The number of hydrogen-bond donors (Lipinski definition) is 2. The lowest BCUT2D eigenvalue weighted by molar-refractivity contribution is -0.138. The first-order chi connectivity index (χ1) is 4.57. The zero-order valence-corrected chi connectivity index (χ0v) is 9.12. The Balaban J connectivity index is 3.83. The van der Waals surface area contributed by atoms with Crippen LogP contribution in [0.4, 0.5) is 0 Å². The predicted molar refractivity (Wildman–Crippen MR) is 52.2 cm³/mol. The molecule has 0 aliphatic carbocycles. The second kappa shape index (κ2) is 5.24. The van der Waals surface area contributed by atoms with Gasteiger partial charge in [0.2, 0.25) is 3.79 Å². The average Bonchev–Trinajstić information content (AvgIpc) is 1.81. The van der Waals surface area contributed by atoms with Crippen LogP contribution in [0.5, 0.6) is 0 Å². The molecule has 0 aromatic carbocycles. The van der Waals surface area contributed by atoms with Crippen LogP contribution in [0.15, 0.2) is 0 Å². The standard InChI is InChI=1S/C4H5I2NO3/c5-4(10)2(7-6)1-3(8)9/h2,7H,1H2,(H,8,9)/t2-/m1/s1. The summed E-state index contributed by atoms with van der Waals surface area (Å²) in [7, 11) is 0. The van der Waals surface area contributed by atoms with E-state index in [4.69, 9.17) is 5.11 Å². The Morgan fingerprint density at radius 1 is 1.60 bits per heavy atom. The lowest BCUT2D eigenvalue weighted by atomic mass is 10.2. The number of carbonyl (C=O) groups excluding carboxylic acids is 1. The molecule has 0 fully saturated rings. The van der Waals surface area contributed by atoms with Crippen molar-refractivity contribution < 1.29 is 14.7 Å². The third-order valence-electron chi connectivity index (χ3n) is 0.784. The monoisotopic (exact) mass is 369 g/mol. The molecule has 0 spiro atoms. The average molecular weight is 369 g/mol. The van der Waals surface area contributed by atoms with Crippen LogP contribution < -0.4 is 3.53 Å². The van der Waals surface area contributed by atoms with Gasteiger partial charge in [0.15, 0.2) is 0 Å². The van der Waals surface area contributed by atoms with Gasteiger partial charge in [-0.15, -0.1) is 0 Å². The summed E-state index contributed by atoms with van der Waals surface area (Å²) in [5.74, 6) is -0.973. The first-order valence-corrected chi connectivity index (χ1v) is 4.51. The Kier molecular flexibility index (Phi) is 5.54. The molecule has 0 bridgehead atoms. The van der Waals surface area contributed by atoms with Crippen molar-refractivity contribution in [3.05, 3.63) is 0 Å². The molecule has 0 heterocycles. The molecule has 58 valence electrons. The van der Waals surface area contributed by atoms with Crippen LogP contribution in [-0.2, 0) is 9.59 Å². The number of hydrogen-bond acceptors (Lipinski definition) is 3. The highest BCUT2D eigenvalue weighted by Gasteiger charge is 2.16. The van der Waals surface area contributed by atoms with Crippen molar-refractivity contribution in [3.8, 4) is 0 Å². The van der Waals surface area contributed by atoms with Gasteiger partial charge in [-0.1, -0.05) is 0 Å². The summed E-state index contributed by atoms with van der Waals surface area (Å²) >= 11 is 3.33. The van der Waals surface area contributed by atoms with E-state index in [0.29, 0.717) is 0 Å². The molecule has 4 nitrogen and oxygen atoms in total. The van der Waals surface area contributed by atoms with Crippen LogP contribution in [-0.4, -0.2) is 20.9 Å². The second-order valence-corrected chi connectivity index (χ2v) is 3.25. The highest BCUT2D eigenvalue weighted by atomic mass is 127. The van der Waals surface area contributed by atoms with Crippen molar-refractivity contribution >= 4 is 55.2 Å². The number of aliphatic carboxylic acids is 1. The molecule has 0 unspecified atom stereocenters. The van der Waals surface area contributed by atoms with E-state index in [0.717, 1.165) is 0 Å². The maximum absolute atomic E-state index is 10.6. The van der Waals surface area contributed by atoms with Crippen LogP contribution in [0.3, 0.4) is 0 Å². The zero-order chi connectivity index (χ0) is 8.15. The van der Waals surface area contributed by atoms with E-state index in [1.807, 2.05) is 0 Å². The quantitative estimate of drug-likeness (QED) is 0.436. The van der Waals surface area contributed by atoms with Crippen molar-refractivity contribution in [2.75, 3.05) is 0 Å². The van der Waals surface area contributed by atoms with Crippen LogP contribution >= 0.6 is 45.5 Å². The minimum atomic E-state index is -0.973. The van der Waals surface area contributed by atoms with E-state index >= 15 is 0 Å². The molecule has 0 aliphatic rings. The molecule has 0 aliphatic heterocycles. The van der Waals surface area contributed by atoms with Gasteiger partial charge < -0.3 is 5.11 Å². The smallest absolute Gasteiger partial charge is 0.305 e. The molecule has 1 atom stereocenters. The van der Waals surface area contributed by atoms with E-state index in [-0.39, 0.29) is 10.2 Å². The maximum Gasteiger partial charge on any atom is 0.305 e. The summed E-state index contributed by atoms with van der Waals surface area (Å²) in [6.45, 7) is 0. The van der Waals surface area contributed by atoms with Gasteiger partial charge in [-0.3, -0.25) is 9.59 Å². The summed E-state index contributed by atoms with van der Waals surface area (Å²) in [6.07, 6.45) is -0.162. The minimum Gasteiger partial charge on any atom is -0.481 e. The molecule has 0 aromatic rings. The van der Waals surface area contributed by atoms with Crippen molar-refractivity contribution in [1.29, 1.82) is 0 Å². The fraction of sp³-hybridized carbons (Fsp3) is 0.500. The number of halogens is 2. The maximum atomic E-state index is 10.6. The van der Waals surface area contributed by atoms with Crippen LogP contribution in [0.25, 0.3) is 0 Å². The summed E-state index contributed by atoms with van der Waals surface area (Å²) in [4.78, 5) is 20.6. The number of carbonyl (C=O) groups is 2. The Hall–Kier alpha value is 0.560. The highest BCUT2D eigenvalue weighted by molar-refractivity contribution is 14.1. The molecule has 0 amide bonds. The SMILES string of the molecule is O=C(O)C[C@@H](NI)C(=O)I. The Morgan fingerprint density at radius 3 is 2.20 bits per heavy atom. The van der Waals surface area contributed by atoms with Gasteiger partial charge in [0.1, 0.15) is 0 Å². The molecular formula is C4H5I2NO3. The fourth-order valence-corrected chi connectivity index (χ4v) is 1.81. The van der Waals surface area contributed by atoms with Gasteiger partial charge in [-0.05, 0) is 0 Å². The number of carboxylic acid groups (broad SMARTS) is 1. The predicted octanol–water partition coefficient (Wildman–Crippen LogP) is 0.731. The summed E-state index contributed by atoms with van der Waals surface area (Å²) in [5, 5.41) is 8.26. The second-order valence-electron chi connectivity index (χ2n) is 1.56. The van der Waals surface area contributed by atoms with Crippen LogP contribution in [0.1, 0.15) is 6.42 Å². The molecule has 10 heavy (non-hydrogen) atoms. The zero-order valence-electron chi connectivity index (χ0n) is 4.80. The molecule has 0 rings (SSSR count). The Morgan fingerprint density at radius 2 is 2.10 bits per heavy atom. The third-order valence-corrected chi connectivity index (χ3v) is 2.29. The van der Waals surface area contributed by atoms with Gasteiger partial charge in [0.25, 0.3) is 0 Å². The van der Waals surface area contributed by atoms with Crippen molar-refractivity contribution in [2.45, 2.75) is 12.5 Å². The molecule has 0 radical (unpaired) electrons. The van der Waals surface area contributed by atoms with Crippen LogP contribution in [0.2, 0.25) is 0 Å². The first kappa shape index (κ1) is 10.6. The van der Waals surface area contributed by atoms with E-state index in [2.05, 4.69) is 3.53 Å². The van der Waals surface area contributed by atoms with E-state index in [9.17, 15) is 9.59 Å². The molecule has 0 saturated carbocycles. The Labute approximate surface area is 85.4 Å². The lowest BCUT2D eigenvalue weighted by Gasteiger charge is -2.04. The molecule has 2 N–H and O–H groups in total. The van der Waals surface area contributed by atoms with E-state index in [1.54, 1.807) is 45.5 Å². The van der Waals surface area contributed by atoms with Gasteiger partial charge in [0.05, 0.1) is 12.5 Å². The molecule has 0 saturated heterocycles. The third kappa shape index (κ3) is 4.39. The van der Waals surface area contributed by atoms with Gasteiger partial charge in [0, 0.05) is 45.5 Å². The number of carboxylic acids is 1. The van der Waals surface area contributed by atoms with Gasteiger partial charge in [-0.2, -0.15) is 0 Å². The van der Waals surface area contributed by atoms with Crippen molar-refractivity contribution in [2.24, 2.45) is 0 Å². The van der Waals surface area contributed by atoms with Crippen LogP contribution in [0, 0.1) is 0 Å². The summed E-state index contributed by atoms with van der Waals surface area (Å²) < 4.78 is 2.38. The highest BCUT2D eigenvalue weighted by Crippen LogP contribution is 2.01. The van der Waals surface area contributed by atoms with Gasteiger partial charge in [-0.25, -0.2) is 3.53 Å². The lowest BCUT2D eigenvalue weighted by Crippen LogP contribution is -2.29. The van der Waals surface area contributed by atoms with E-state index < -0.39 is 12.0 Å². The normalized spacial score (nSPS) is 12.6. The van der Waals surface area contributed by atoms with Crippen molar-refractivity contribution in [1.82, 2.24) is 3.53 Å². The first-order valence-electron chi connectivity index (χ1n) is 2.35. The fourth-order valence-electron chi connectivity index (χ4n) is 0.336. The molecule has 0 aromatic heterocycles. The summed E-state index contributed by atoms with van der Waals surface area (Å²) in [6, 6.07) is -0.571. The van der Waals surface area contributed by atoms with Gasteiger partial charge >= 0.3 is 5.97 Å². The van der Waals surface area contributed by atoms with Crippen molar-refractivity contribution in [3.63, 3.8) is 0 Å². The number of rotatable bonds is 4.